The molecule has 0 spiro atoms. The van der Waals surface area contributed by atoms with Crippen molar-refractivity contribution >= 4 is 44.9 Å². The van der Waals surface area contributed by atoms with Crippen molar-refractivity contribution in [3.63, 3.8) is 0 Å². The van der Waals surface area contributed by atoms with Crippen LogP contribution in [0, 0.1) is 6.92 Å². The molecule has 0 aromatic carbocycles. The maximum atomic E-state index is 11.8. The molecule has 120 valence electrons. The third-order valence-corrected chi connectivity index (χ3v) is 4.60. The van der Waals surface area contributed by atoms with E-state index in [9.17, 15) is 4.79 Å². The number of aliphatic hydroxyl groups is 1. The van der Waals surface area contributed by atoms with E-state index in [0.717, 1.165) is 30.2 Å². The van der Waals surface area contributed by atoms with E-state index < -0.39 is 0 Å². The molecule has 2 aromatic heterocycles. The van der Waals surface area contributed by atoms with Gasteiger partial charge in [-0.25, -0.2) is 14.8 Å². The summed E-state index contributed by atoms with van der Waals surface area (Å²) in [6.07, 6.45) is 2.63. The van der Waals surface area contributed by atoms with Gasteiger partial charge < -0.3 is 15.2 Å². The van der Waals surface area contributed by atoms with Gasteiger partial charge in [0.15, 0.2) is 0 Å². The van der Waals surface area contributed by atoms with Gasteiger partial charge in [0.1, 0.15) is 15.5 Å². The molecule has 2 rings (SSSR count). The normalized spacial score (nSPS) is 10.9. The molecule has 2 heterocycles. The minimum Gasteiger partial charge on any atom is -0.465 e. The number of hydrogen-bond donors (Lipinski definition) is 2. The van der Waals surface area contributed by atoms with Crippen molar-refractivity contribution < 1.29 is 14.6 Å². The van der Waals surface area contributed by atoms with E-state index in [1.165, 1.54) is 18.4 Å². The number of methoxy groups -OCH3 is 1. The molecule has 0 atom stereocenters. The van der Waals surface area contributed by atoms with Crippen LogP contribution in [0.25, 0.3) is 10.2 Å². The number of carbonyl (C=O) groups is 1. The summed E-state index contributed by atoms with van der Waals surface area (Å²) in [5, 5.41) is 13.0. The van der Waals surface area contributed by atoms with Crippen LogP contribution in [0.4, 0.5) is 5.82 Å². The highest BCUT2D eigenvalue weighted by atomic mass is 35.5. The lowest BCUT2D eigenvalue weighted by molar-refractivity contribution is 0.0605. The Morgan fingerprint density at radius 2 is 2.14 bits per heavy atom. The van der Waals surface area contributed by atoms with Crippen molar-refractivity contribution in [1.82, 2.24) is 9.97 Å². The van der Waals surface area contributed by atoms with Crippen LogP contribution < -0.4 is 5.32 Å². The molecule has 0 aliphatic carbocycles. The van der Waals surface area contributed by atoms with Crippen molar-refractivity contribution in [1.29, 1.82) is 0 Å². The standard InChI is InChI=1S/C14H18ClN3O3S/c1-8-9-11(16-6-4-3-5-7-19)17-14(15)18-12(9)22-10(8)13(20)21-2/h19H,3-7H2,1-2H3,(H,16,17,18). The number of nitrogens with zero attached hydrogens (tertiary/aromatic N) is 2. The van der Waals surface area contributed by atoms with Crippen LogP contribution >= 0.6 is 22.9 Å². The first-order chi connectivity index (χ1) is 10.6. The molecule has 6 nitrogen and oxygen atoms in total. The third-order valence-electron chi connectivity index (χ3n) is 3.26. The zero-order chi connectivity index (χ0) is 16.1. The van der Waals surface area contributed by atoms with E-state index >= 15 is 0 Å². The molecule has 8 heteroatoms. The number of ether oxygens (including phenoxy) is 1. The second-order valence-corrected chi connectivity index (χ2v) is 6.12. The van der Waals surface area contributed by atoms with Gasteiger partial charge in [-0.2, -0.15) is 0 Å². The van der Waals surface area contributed by atoms with Gasteiger partial charge in [-0.1, -0.05) is 0 Å². The molecule has 0 bridgehead atoms. The van der Waals surface area contributed by atoms with Crippen LogP contribution in [-0.4, -0.2) is 41.3 Å². The number of hydrogen-bond acceptors (Lipinski definition) is 7. The van der Waals surface area contributed by atoms with Gasteiger partial charge in [-0.3, -0.25) is 0 Å². The molecule has 22 heavy (non-hydrogen) atoms. The summed E-state index contributed by atoms with van der Waals surface area (Å²) in [6, 6.07) is 0. The monoisotopic (exact) mass is 343 g/mol. The number of unbranched alkanes of at least 4 members (excludes halogenated alkanes) is 2. The minimum absolute atomic E-state index is 0.142. The van der Waals surface area contributed by atoms with E-state index in [2.05, 4.69) is 15.3 Å². The van der Waals surface area contributed by atoms with E-state index in [1.807, 2.05) is 6.92 Å². The predicted octanol–water partition coefficient (Wildman–Crippen LogP) is 3.01. The number of nitrogens with one attached hydrogen (secondary N) is 1. The summed E-state index contributed by atoms with van der Waals surface area (Å²) in [5.41, 5.74) is 0.793. The molecule has 0 fully saturated rings. The number of carbonyl (C=O) groups excluding carboxylic acids is 1. The van der Waals surface area contributed by atoms with E-state index in [1.54, 1.807) is 0 Å². The Morgan fingerprint density at radius 1 is 1.36 bits per heavy atom. The first-order valence-electron chi connectivity index (χ1n) is 6.98. The molecule has 0 unspecified atom stereocenters. The number of esters is 1. The molecule has 0 amide bonds. The van der Waals surface area contributed by atoms with E-state index in [-0.39, 0.29) is 17.9 Å². The van der Waals surface area contributed by atoms with Gasteiger partial charge in [0.2, 0.25) is 5.28 Å². The highest BCUT2D eigenvalue weighted by Gasteiger charge is 2.20. The topological polar surface area (TPSA) is 84.3 Å². The van der Waals surface area contributed by atoms with Crippen LogP contribution in [0.15, 0.2) is 0 Å². The number of aryl methyl sites for hydroxylation is 1. The molecule has 2 N–H and O–H groups in total. The molecular weight excluding hydrogens is 326 g/mol. The summed E-state index contributed by atoms with van der Waals surface area (Å²) in [7, 11) is 1.35. The summed E-state index contributed by atoms with van der Waals surface area (Å²) in [4.78, 5) is 21.4. The number of anilines is 1. The zero-order valence-electron chi connectivity index (χ0n) is 12.5. The average Bonchev–Trinajstić information content (AvgIpc) is 2.83. The number of thiophene rings is 1. The Bertz CT molecular complexity index is 675. The van der Waals surface area contributed by atoms with Gasteiger partial charge in [0.05, 0.1) is 12.5 Å². The third kappa shape index (κ3) is 3.66. The number of halogens is 1. The number of aromatic nitrogens is 2. The molecular formula is C14H18ClN3O3S. The Hall–Kier alpha value is -1.44. The first-order valence-corrected chi connectivity index (χ1v) is 8.17. The zero-order valence-corrected chi connectivity index (χ0v) is 14.1. The van der Waals surface area contributed by atoms with Crippen LogP contribution in [0.3, 0.4) is 0 Å². The summed E-state index contributed by atoms with van der Waals surface area (Å²) >= 11 is 7.21. The highest BCUT2D eigenvalue weighted by molar-refractivity contribution is 7.20. The quantitative estimate of drug-likeness (QED) is 0.456. The Kier molecular flexibility index (Phi) is 5.93. The van der Waals surface area contributed by atoms with Crippen LogP contribution in [0.1, 0.15) is 34.5 Å². The maximum absolute atomic E-state index is 11.8. The lowest BCUT2D eigenvalue weighted by atomic mass is 10.2. The lowest BCUT2D eigenvalue weighted by Crippen LogP contribution is -2.05. The van der Waals surface area contributed by atoms with Crippen molar-refractivity contribution in [2.45, 2.75) is 26.2 Å². The predicted molar refractivity (Wildman–Crippen MR) is 87.9 cm³/mol. The van der Waals surface area contributed by atoms with Crippen molar-refractivity contribution in [2.75, 3.05) is 25.6 Å². The second-order valence-electron chi connectivity index (χ2n) is 4.78. The minimum atomic E-state index is -0.384. The Morgan fingerprint density at radius 3 is 2.82 bits per heavy atom. The molecule has 0 aliphatic rings. The van der Waals surface area contributed by atoms with Crippen LogP contribution in [0.5, 0.6) is 0 Å². The van der Waals surface area contributed by atoms with Gasteiger partial charge >= 0.3 is 5.97 Å². The van der Waals surface area contributed by atoms with Crippen molar-refractivity contribution in [3.05, 3.63) is 15.7 Å². The Labute approximate surface area is 137 Å². The number of aliphatic hydroxyl groups excluding tert-OH is 1. The lowest BCUT2D eigenvalue weighted by Gasteiger charge is -2.07. The van der Waals surface area contributed by atoms with Gasteiger partial charge in [0, 0.05) is 13.2 Å². The van der Waals surface area contributed by atoms with Gasteiger partial charge in [0.25, 0.3) is 0 Å². The van der Waals surface area contributed by atoms with Gasteiger partial charge in [-0.15, -0.1) is 11.3 Å². The smallest absolute Gasteiger partial charge is 0.348 e. The fourth-order valence-corrected chi connectivity index (χ4v) is 3.47. The summed E-state index contributed by atoms with van der Waals surface area (Å²) in [5.74, 6) is 0.244. The molecule has 0 aliphatic heterocycles. The van der Waals surface area contributed by atoms with Crippen molar-refractivity contribution in [3.8, 4) is 0 Å². The second kappa shape index (κ2) is 7.71. The van der Waals surface area contributed by atoms with Crippen LogP contribution in [-0.2, 0) is 4.74 Å². The molecule has 0 saturated heterocycles. The SMILES string of the molecule is COC(=O)c1sc2nc(Cl)nc(NCCCCCO)c2c1C. The fourth-order valence-electron chi connectivity index (χ4n) is 2.15. The summed E-state index contributed by atoms with van der Waals surface area (Å²) < 4.78 is 4.79. The van der Waals surface area contributed by atoms with E-state index in [4.69, 9.17) is 21.4 Å². The molecule has 2 aromatic rings. The maximum Gasteiger partial charge on any atom is 0.348 e. The molecule has 0 saturated carbocycles. The average molecular weight is 344 g/mol. The largest absolute Gasteiger partial charge is 0.465 e. The van der Waals surface area contributed by atoms with E-state index in [0.29, 0.717) is 22.1 Å². The summed E-state index contributed by atoms with van der Waals surface area (Å²) in [6.45, 7) is 2.76. The van der Waals surface area contributed by atoms with Crippen LogP contribution in [0.2, 0.25) is 5.28 Å². The van der Waals surface area contributed by atoms with Gasteiger partial charge in [-0.05, 0) is 43.4 Å². The first kappa shape index (κ1) is 16.9. The molecule has 0 radical (unpaired) electrons. The number of fused-ring (bicyclic) bond motifs is 1. The fraction of sp³-hybridized carbons (Fsp3) is 0.500. The Balaban J connectivity index is 2.28. The number of rotatable bonds is 7. The highest BCUT2D eigenvalue weighted by Crippen LogP contribution is 2.34. The van der Waals surface area contributed by atoms with Crippen molar-refractivity contribution in [2.24, 2.45) is 0 Å².